The van der Waals surface area contributed by atoms with Gasteiger partial charge in [0, 0.05) is 21.5 Å². The predicted molar refractivity (Wildman–Crippen MR) is 161 cm³/mol. The zero-order valence-electron chi connectivity index (χ0n) is 22.8. The van der Waals surface area contributed by atoms with E-state index in [1.807, 2.05) is 50.2 Å². The van der Waals surface area contributed by atoms with E-state index in [1.165, 1.54) is 0 Å². The lowest BCUT2D eigenvalue weighted by molar-refractivity contribution is 0.497. The van der Waals surface area contributed by atoms with E-state index in [0.717, 1.165) is 65.5 Å². The van der Waals surface area contributed by atoms with Gasteiger partial charge in [-0.25, -0.2) is 8.78 Å². The number of fused-ring (bicyclic) bond motifs is 7. The smallest absolute Gasteiger partial charge is 0.192 e. The molecule has 6 nitrogen and oxygen atoms in total. The molecular weight excluding hydrogens is 546 g/mol. The minimum absolute atomic E-state index is 0.325. The van der Waals surface area contributed by atoms with Crippen LogP contribution in [0.25, 0.3) is 76.7 Å². The first-order chi connectivity index (χ1) is 20.9. The second-order valence-electron chi connectivity index (χ2n) is 11.1. The summed E-state index contributed by atoms with van der Waals surface area (Å²) in [5.74, 6) is -2.90. The van der Waals surface area contributed by atoms with E-state index in [9.17, 15) is 10.5 Å². The van der Waals surface area contributed by atoms with Crippen molar-refractivity contribution >= 4 is 76.7 Å². The van der Waals surface area contributed by atoms with Crippen molar-refractivity contribution in [3.63, 3.8) is 0 Å². The highest BCUT2D eigenvalue weighted by Crippen LogP contribution is 2.46. The van der Waals surface area contributed by atoms with Crippen LogP contribution >= 0.6 is 0 Å². The number of hydrogen-bond acceptors (Lipinski definition) is 4. The van der Waals surface area contributed by atoms with Gasteiger partial charge in [0.15, 0.2) is 22.8 Å². The van der Waals surface area contributed by atoms with Crippen LogP contribution in [0.3, 0.4) is 0 Å². The fourth-order valence-corrected chi connectivity index (χ4v) is 7.07. The summed E-state index contributed by atoms with van der Waals surface area (Å²) < 4.78 is 47.9. The molecule has 0 spiro atoms. The zero-order chi connectivity index (χ0) is 29.3. The fraction of sp³-hybridized carbons (Fsp3) is 0.0857. The van der Waals surface area contributed by atoms with Crippen LogP contribution < -0.4 is 0 Å². The van der Waals surface area contributed by atoms with Gasteiger partial charge < -0.3 is 18.0 Å². The van der Waals surface area contributed by atoms with Crippen molar-refractivity contribution in [2.45, 2.75) is 20.5 Å². The largest absolute Gasteiger partial charge is 0.451 e. The van der Waals surface area contributed by atoms with E-state index in [-0.39, 0.29) is 11.2 Å². The third-order valence-corrected chi connectivity index (χ3v) is 8.84. The molecule has 1 aliphatic rings. The highest BCUT2D eigenvalue weighted by Gasteiger charge is 2.29. The highest BCUT2D eigenvalue weighted by atomic mass is 19.2. The van der Waals surface area contributed by atoms with Gasteiger partial charge in [-0.2, -0.15) is 10.5 Å². The maximum atomic E-state index is 15.2. The zero-order valence-corrected chi connectivity index (χ0v) is 22.8. The molecule has 0 radical (unpaired) electrons. The number of aromatic nitrogens is 2. The van der Waals surface area contributed by atoms with Crippen molar-refractivity contribution in [1.82, 2.24) is 9.13 Å². The molecule has 0 saturated heterocycles. The van der Waals surface area contributed by atoms with Gasteiger partial charge in [0.05, 0.1) is 32.8 Å². The molecule has 3 aromatic heterocycles. The molecule has 0 fully saturated rings. The Balaban J connectivity index is 1.75. The molecule has 0 unspecified atom stereocenters. The molecular formula is C35H18F2N4O2. The first-order valence-corrected chi connectivity index (χ1v) is 13.7. The lowest BCUT2D eigenvalue weighted by Gasteiger charge is -2.11. The van der Waals surface area contributed by atoms with E-state index >= 15 is 8.78 Å². The van der Waals surface area contributed by atoms with Crippen LogP contribution in [-0.2, 0) is 6.67 Å². The van der Waals surface area contributed by atoms with E-state index in [0.29, 0.717) is 17.8 Å². The number of halogens is 2. The third kappa shape index (κ3) is 2.73. The molecule has 0 amide bonds. The predicted octanol–water partition coefficient (Wildman–Crippen LogP) is 9.13. The van der Waals surface area contributed by atoms with Gasteiger partial charge in [-0.15, -0.1) is 0 Å². The average Bonchev–Trinajstić information content (AvgIpc) is 3.41. The summed E-state index contributed by atoms with van der Waals surface area (Å²) in [6, 6.07) is 23.9. The Morgan fingerprint density at radius 1 is 0.628 bits per heavy atom. The normalized spacial score (nSPS) is 12.5. The maximum Gasteiger partial charge on any atom is 0.192 e. The molecule has 0 saturated carbocycles. The summed E-state index contributed by atoms with van der Waals surface area (Å²) in [5, 5.41) is 25.5. The lowest BCUT2D eigenvalue weighted by atomic mass is 9.99. The molecule has 5 aromatic carbocycles. The molecule has 1 aliphatic heterocycles. The SMILES string of the molecule is Cc1cc2c3ccccc3n3c2c2c1oc1c(C#N)c(F)c(F)c(C#N)c1oc1c(C)cc4c5ccccc5n(c4c12)C3. The molecule has 9 rings (SSSR count). The van der Waals surface area contributed by atoms with Crippen molar-refractivity contribution < 1.29 is 17.6 Å². The third-order valence-electron chi connectivity index (χ3n) is 8.84. The minimum Gasteiger partial charge on any atom is -0.451 e. The number of hydrogen-bond donors (Lipinski definition) is 0. The number of nitrogens with zero attached hydrogens (tertiary/aromatic N) is 4. The highest BCUT2D eigenvalue weighted by molar-refractivity contribution is 6.31. The molecule has 0 aliphatic carbocycles. The van der Waals surface area contributed by atoms with Crippen molar-refractivity contribution in [2.24, 2.45) is 0 Å². The van der Waals surface area contributed by atoms with Gasteiger partial charge in [0.1, 0.15) is 41.1 Å². The van der Waals surface area contributed by atoms with Crippen LogP contribution in [0, 0.1) is 48.1 Å². The molecule has 8 heteroatoms. The van der Waals surface area contributed by atoms with E-state index in [1.54, 1.807) is 12.1 Å². The molecule has 204 valence electrons. The van der Waals surface area contributed by atoms with E-state index in [4.69, 9.17) is 8.83 Å². The Bertz CT molecular complexity index is 2590. The van der Waals surface area contributed by atoms with Gasteiger partial charge in [-0.1, -0.05) is 36.4 Å². The molecule has 4 heterocycles. The minimum atomic E-state index is -1.45. The van der Waals surface area contributed by atoms with Crippen LogP contribution in [0.5, 0.6) is 0 Å². The van der Waals surface area contributed by atoms with Crippen LogP contribution in [0.15, 0.2) is 69.5 Å². The molecule has 8 aromatic rings. The van der Waals surface area contributed by atoms with Gasteiger partial charge in [0.25, 0.3) is 0 Å². The Morgan fingerprint density at radius 2 is 1.05 bits per heavy atom. The van der Waals surface area contributed by atoms with Crippen LogP contribution in [0.2, 0.25) is 0 Å². The summed E-state index contributed by atoms with van der Waals surface area (Å²) >= 11 is 0. The quantitative estimate of drug-likeness (QED) is 0.184. The van der Waals surface area contributed by atoms with Crippen molar-refractivity contribution in [3.8, 4) is 12.1 Å². The standard InChI is InChI=1S/C35H18F2N4O2/c1-16-11-20-18-7-3-5-9-24(18)40-15-41-25-10-6-4-8-19(25)21-12-17(2)33-27(31(21)41)26(30(20)40)32(16)42-34-22(13-38)28(36)29(37)23(14-39)35(34)43-33/h3-12H,15H2,1-2H3. The number of aryl methyl sites for hydroxylation is 2. The van der Waals surface area contributed by atoms with Gasteiger partial charge >= 0.3 is 0 Å². The van der Waals surface area contributed by atoms with Crippen LogP contribution in [0.4, 0.5) is 8.78 Å². The Labute approximate surface area is 241 Å². The number of rotatable bonds is 0. The Kier molecular flexibility index (Phi) is 4.38. The van der Waals surface area contributed by atoms with Gasteiger partial charge in [-0.05, 0) is 49.2 Å². The number of nitriles is 2. The summed E-state index contributed by atoms with van der Waals surface area (Å²) in [6.45, 7) is 4.27. The fourth-order valence-electron chi connectivity index (χ4n) is 7.07. The summed E-state index contributed by atoms with van der Waals surface area (Å²) in [5.41, 5.74) is 4.12. The Hall–Kier alpha value is -5.86. The summed E-state index contributed by atoms with van der Waals surface area (Å²) in [6.07, 6.45) is 0. The van der Waals surface area contributed by atoms with Crippen molar-refractivity contribution in [1.29, 1.82) is 10.5 Å². The van der Waals surface area contributed by atoms with E-state index < -0.39 is 22.8 Å². The number of para-hydroxylation sites is 2. The molecule has 43 heavy (non-hydrogen) atoms. The first-order valence-electron chi connectivity index (χ1n) is 13.7. The first kappa shape index (κ1) is 23.8. The van der Waals surface area contributed by atoms with Crippen molar-refractivity contribution in [3.05, 3.63) is 94.6 Å². The van der Waals surface area contributed by atoms with Crippen molar-refractivity contribution in [2.75, 3.05) is 0 Å². The van der Waals surface area contributed by atoms with E-state index in [2.05, 4.69) is 33.4 Å². The summed E-state index contributed by atoms with van der Waals surface area (Å²) in [4.78, 5) is 0. The monoisotopic (exact) mass is 564 g/mol. The Morgan fingerprint density at radius 3 is 1.47 bits per heavy atom. The molecule has 0 atom stereocenters. The van der Waals surface area contributed by atoms with Gasteiger partial charge in [0.2, 0.25) is 0 Å². The lowest BCUT2D eigenvalue weighted by Crippen LogP contribution is -2.06. The molecule has 0 N–H and O–H groups in total. The topological polar surface area (TPSA) is 83.7 Å². The van der Waals surface area contributed by atoms with Crippen LogP contribution in [0.1, 0.15) is 22.3 Å². The second kappa shape index (κ2) is 7.90. The maximum absolute atomic E-state index is 15.2. The average molecular weight is 565 g/mol. The second-order valence-corrected chi connectivity index (χ2v) is 11.1. The van der Waals surface area contributed by atoms with Gasteiger partial charge in [-0.3, -0.25) is 0 Å². The molecule has 0 bridgehead atoms. The summed E-state index contributed by atoms with van der Waals surface area (Å²) in [7, 11) is 0. The number of benzene rings is 5. The van der Waals surface area contributed by atoms with Crippen LogP contribution in [-0.4, -0.2) is 9.13 Å².